The van der Waals surface area contributed by atoms with E-state index in [1.54, 1.807) is 12.5 Å². The summed E-state index contributed by atoms with van der Waals surface area (Å²) in [6.07, 6.45) is 3.17. The number of nitrogens with two attached hydrogens (primary N) is 1. The van der Waals surface area contributed by atoms with Crippen LogP contribution in [0.1, 0.15) is 5.56 Å². The maximum Gasteiger partial charge on any atom is 0.225 e. The first-order valence-corrected chi connectivity index (χ1v) is 4.20. The van der Waals surface area contributed by atoms with Crippen molar-refractivity contribution in [3.05, 3.63) is 42.3 Å². The van der Waals surface area contributed by atoms with E-state index in [1.165, 1.54) is 0 Å². The van der Waals surface area contributed by atoms with Gasteiger partial charge in [0.15, 0.2) is 0 Å². The summed E-state index contributed by atoms with van der Waals surface area (Å²) in [6, 6.07) is 7.68. The van der Waals surface area contributed by atoms with E-state index in [2.05, 4.69) is 9.82 Å². The summed E-state index contributed by atoms with van der Waals surface area (Å²) in [6.45, 7) is 0.409. The third-order valence-corrected chi connectivity index (χ3v) is 1.88. The standard InChI is InChI=1S/C10H10N2O2/c11-14-7-8-1-3-9(4-2-8)10-12-5-6-13-10/h1-6H,7,11H2. The predicted molar refractivity (Wildman–Crippen MR) is 50.9 cm³/mol. The summed E-state index contributed by atoms with van der Waals surface area (Å²) in [7, 11) is 0. The second kappa shape index (κ2) is 4.04. The number of benzene rings is 1. The van der Waals surface area contributed by atoms with E-state index in [4.69, 9.17) is 10.3 Å². The molecule has 0 unspecified atom stereocenters. The Labute approximate surface area is 81.3 Å². The van der Waals surface area contributed by atoms with E-state index in [0.29, 0.717) is 12.5 Å². The number of hydrogen-bond acceptors (Lipinski definition) is 4. The molecule has 0 fully saturated rings. The van der Waals surface area contributed by atoms with Crippen LogP contribution in [0.3, 0.4) is 0 Å². The molecular formula is C10H10N2O2. The van der Waals surface area contributed by atoms with Crippen LogP contribution in [0.5, 0.6) is 0 Å². The molecule has 0 spiro atoms. The maximum atomic E-state index is 5.15. The van der Waals surface area contributed by atoms with Crippen LogP contribution < -0.4 is 5.90 Å². The lowest BCUT2D eigenvalue weighted by molar-refractivity contribution is 0.124. The highest BCUT2D eigenvalue weighted by Gasteiger charge is 2.01. The fraction of sp³-hybridized carbons (Fsp3) is 0.100. The van der Waals surface area contributed by atoms with Gasteiger partial charge in [-0.1, -0.05) is 12.1 Å². The van der Waals surface area contributed by atoms with Gasteiger partial charge < -0.3 is 4.42 Å². The van der Waals surface area contributed by atoms with Crippen LogP contribution in [-0.2, 0) is 11.4 Å². The van der Waals surface area contributed by atoms with E-state index < -0.39 is 0 Å². The minimum Gasteiger partial charge on any atom is -0.445 e. The van der Waals surface area contributed by atoms with Crippen molar-refractivity contribution in [2.75, 3.05) is 0 Å². The Hall–Kier alpha value is -1.65. The molecular weight excluding hydrogens is 180 g/mol. The van der Waals surface area contributed by atoms with Gasteiger partial charge >= 0.3 is 0 Å². The fourth-order valence-corrected chi connectivity index (χ4v) is 1.21. The molecule has 2 rings (SSSR count). The number of hydrogen-bond donors (Lipinski definition) is 1. The van der Waals surface area contributed by atoms with E-state index in [-0.39, 0.29) is 0 Å². The van der Waals surface area contributed by atoms with Crippen LogP contribution in [0, 0.1) is 0 Å². The molecule has 14 heavy (non-hydrogen) atoms. The zero-order valence-corrected chi connectivity index (χ0v) is 7.51. The number of oxazole rings is 1. The molecule has 4 nitrogen and oxygen atoms in total. The van der Waals surface area contributed by atoms with Crippen molar-refractivity contribution in [3.63, 3.8) is 0 Å². The third-order valence-electron chi connectivity index (χ3n) is 1.88. The van der Waals surface area contributed by atoms with Crippen molar-refractivity contribution in [1.82, 2.24) is 4.98 Å². The summed E-state index contributed by atoms with van der Waals surface area (Å²) in [5, 5.41) is 0. The van der Waals surface area contributed by atoms with Gasteiger partial charge in [-0.25, -0.2) is 10.9 Å². The van der Waals surface area contributed by atoms with Gasteiger partial charge in [0, 0.05) is 5.56 Å². The summed E-state index contributed by atoms with van der Waals surface area (Å²) in [4.78, 5) is 8.56. The van der Waals surface area contributed by atoms with Crippen LogP contribution in [-0.4, -0.2) is 4.98 Å². The SMILES string of the molecule is NOCc1ccc(-c2ncco2)cc1. The Morgan fingerprint density at radius 2 is 2.07 bits per heavy atom. The first-order chi connectivity index (χ1) is 6.90. The Kier molecular flexibility index (Phi) is 2.58. The molecule has 1 aromatic heterocycles. The Balaban J connectivity index is 2.22. The zero-order valence-electron chi connectivity index (χ0n) is 7.51. The van der Waals surface area contributed by atoms with Crippen molar-refractivity contribution in [3.8, 4) is 11.5 Å². The molecule has 0 amide bonds. The van der Waals surface area contributed by atoms with Crippen molar-refractivity contribution in [1.29, 1.82) is 0 Å². The van der Waals surface area contributed by atoms with Gasteiger partial charge in [0.05, 0.1) is 12.8 Å². The lowest BCUT2D eigenvalue weighted by Gasteiger charge is -1.99. The summed E-state index contributed by atoms with van der Waals surface area (Å²) >= 11 is 0. The molecule has 0 radical (unpaired) electrons. The van der Waals surface area contributed by atoms with E-state index in [0.717, 1.165) is 11.1 Å². The second-order valence-corrected chi connectivity index (χ2v) is 2.85. The summed E-state index contributed by atoms with van der Waals surface area (Å²) < 4.78 is 5.15. The molecule has 0 aliphatic rings. The largest absolute Gasteiger partial charge is 0.445 e. The molecule has 0 saturated carbocycles. The van der Waals surface area contributed by atoms with Gasteiger partial charge in [-0.3, -0.25) is 4.84 Å². The summed E-state index contributed by atoms with van der Waals surface area (Å²) in [5.41, 5.74) is 1.96. The third kappa shape index (κ3) is 1.81. The number of rotatable bonds is 3. The first kappa shape index (κ1) is 8.93. The molecule has 0 saturated heterocycles. The van der Waals surface area contributed by atoms with Crippen LogP contribution in [0.4, 0.5) is 0 Å². The van der Waals surface area contributed by atoms with Gasteiger partial charge in [0.1, 0.15) is 6.26 Å². The zero-order chi connectivity index (χ0) is 9.80. The monoisotopic (exact) mass is 190 g/mol. The molecule has 0 bridgehead atoms. The van der Waals surface area contributed by atoms with E-state index in [9.17, 15) is 0 Å². The number of aromatic nitrogens is 1. The normalized spacial score (nSPS) is 10.4. The topological polar surface area (TPSA) is 61.3 Å². The lowest BCUT2D eigenvalue weighted by atomic mass is 10.1. The van der Waals surface area contributed by atoms with Crippen molar-refractivity contribution in [2.24, 2.45) is 5.90 Å². The summed E-state index contributed by atoms with van der Waals surface area (Å²) in [5.74, 6) is 5.58. The molecule has 72 valence electrons. The molecule has 4 heteroatoms. The highest BCUT2D eigenvalue weighted by molar-refractivity contribution is 5.53. The fourth-order valence-electron chi connectivity index (χ4n) is 1.21. The smallest absolute Gasteiger partial charge is 0.225 e. The predicted octanol–water partition coefficient (Wildman–Crippen LogP) is 1.73. The van der Waals surface area contributed by atoms with Gasteiger partial charge in [-0.05, 0) is 17.7 Å². The molecule has 2 aromatic rings. The van der Waals surface area contributed by atoms with Crippen molar-refractivity contribution < 1.29 is 9.25 Å². The van der Waals surface area contributed by atoms with Crippen LogP contribution in [0.2, 0.25) is 0 Å². The van der Waals surface area contributed by atoms with Gasteiger partial charge in [-0.15, -0.1) is 0 Å². The Morgan fingerprint density at radius 1 is 1.29 bits per heavy atom. The molecule has 1 heterocycles. The highest BCUT2D eigenvalue weighted by atomic mass is 16.6. The minimum atomic E-state index is 0.409. The van der Waals surface area contributed by atoms with Crippen LogP contribution in [0.25, 0.3) is 11.5 Å². The maximum absolute atomic E-state index is 5.15. The van der Waals surface area contributed by atoms with Crippen molar-refractivity contribution >= 4 is 0 Å². The van der Waals surface area contributed by atoms with Crippen LogP contribution >= 0.6 is 0 Å². The van der Waals surface area contributed by atoms with Gasteiger partial charge in [0.25, 0.3) is 0 Å². The lowest BCUT2D eigenvalue weighted by Crippen LogP contribution is -1.98. The van der Waals surface area contributed by atoms with Crippen LogP contribution in [0.15, 0.2) is 41.1 Å². The molecule has 1 aromatic carbocycles. The Morgan fingerprint density at radius 3 is 2.64 bits per heavy atom. The Bertz CT molecular complexity index is 381. The van der Waals surface area contributed by atoms with E-state index >= 15 is 0 Å². The first-order valence-electron chi connectivity index (χ1n) is 4.20. The molecule has 2 N–H and O–H groups in total. The van der Waals surface area contributed by atoms with Gasteiger partial charge in [-0.2, -0.15) is 0 Å². The quantitative estimate of drug-likeness (QED) is 0.749. The minimum absolute atomic E-state index is 0.409. The molecule has 0 aliphatic heterocycles. The molecule has 0 aliphatic carbocycles. The van der Waals surface area contributed by atoms with Crippen molar-refractivity contribution in [2.45, 2.75) is 6.61 Å². The second-order valence-electron chi connectivity index (χ2n) is 2.85. The van der Waals surface area contributed by atoms with Gasteiger partial charge in [0.2, 0.25) is 5.89 Å². The number of nitrogens with zero attached hydrogens (tertiary/aromatic N) is 1. The molecule has 0 atom stereocenters. The average molecular weight is 190 g/mol. The highest BCUT2D eigenvalue weighted by Crippen LogP contribution is 2.17. The average Bonchev–Trinajstić information content (AvgIpc) is 2.72. The van der Waals surface area contributed by atoms with E-state index in [1.807, 2.05) is 24.3 Å².